The first-order valence-electron chi connectivity index (χ1n) is 6.89. The number of nitrogens with zero attached hydrogens (tertiary/aromatic N) is 7. The van der Waals surface area contributed by atoms with Gasteiger partial charge in [-0.05, 0) is 16.8 Å². The SMILES string of the molecule is O=C(Cn1cnnn1)N1CCCN(Cc2cncs2)CC1. The molecule has 9 heteroatoms. The van der Waals surface area contributed by atoms with Gasteiger partial charge in [-0.1, -0.05) is 0 Å². The van der Waals surface area contributed by atoms with Crippen LogP contribution in [0.4, 0.5) is 0 Å². The molecule has 0 aromatic carbocycles. The second kappa shape index (κ2) is 6.72. The second-order valence-electron chi connectivity index (χ2n) is 4.99. The number of hydrogen-bond donors (Lipinski definition) is 0. The van der Waals surface area contributed by atoms with E-state index in [-0.39, 0.29) is 12.5 Å². The number of hydrogen-bond acceptors (Lipinski definition) is 7. The van der Waals surface area contributed by atoms with Crippen molar-refractivity contribution in [1.82, 2.24) is 35.0 Å². The highest BCUT2D eigenvalue weighted by Gasteiger charge is 2.19. The minimum atomic E-state index is 0.0712. The Bertz CT molecular complexity index is 556. The minimum Gasteiger partial charge on any atom is -0.340 e. The molecule has 1 amide bonds. The fourth-order valence-corrected chi connectivity index (χ4v) is 3.05. The molecule has 0 aliphatic carbocycles. The van der Waals surface area contributed by atoms with Gasteiger partial charge in [0.15, 0.2) is 0 Å². The highest BCUT2D eigenvalue weighted by molar-refractivity contribution is 7.09. The maximum Gasteiger partial charge on any atom is 0.244 e. The van der Waals surface area contributed by atoms with Gasteiger partial charge in [-0.3, -0.25) is 14.7 Å². The Morgan fingerprint density at radius 2 is 2.24 bits per heavy atom. The smallest absolute Gasteiger partial charge is 0.244 e. The van der Waals surface area contributed by atoms with E-state index in [0.29, 0.717) is 0 Å². The van der Waals surface area contributed by atoms with E-state index < -0.39 is 0 Å². The Labute approximate surface area is 126 Å². The molecular weight excluding hydrogens is 290 g/mol. The summed E-state index contributed by atoms with van der Waals surface area (Å²) < 4.78 is 1.46. The third-order valence-electron chi connectivity index (χ3n) is 3.49. The Morgan fingerprint density at radius 1 is 1.29 bits per heavy atom. The third-order valence-corrected chi connectivity index (χ3v) is 4.26. The minimum absolute atomic E-state index is 0.0712. The predicted octanol–water partition coefficient (Wildman–Crippen LogP) is -0.136. The number of amides is 1. The van der Waals surface area contributed by atoms with Crippen LogP contribution in [0.3, 0.4) is 0 Å². The highest BCUT2D eigenvalue weighted by atomic mass is 32.1. The van der Waals surface area contributed by atoms with Gasteiger partial charge in [-0.15, -0.1) is 16.4 Å². The van der Waals surface area contributed by atoms with Crippen LogP contribution in [0.15, 0.2) is 18.0 Å². The molecule has 0 saturated carbocycles. The van der Waals surface area contributed by atoms with Gasteiger partial charge in [0.1, 0.15) is 12.9 Å². The van der Waals surface area contributed by atoms with Crippen molar-refractivity contribution >= 4 is 17.2 Å². The summed E-state index contributed by atoms with van der Waals surface area (Å²) in [5, 5.41) is 10.8. The van der Waals surface area contributed by atoms with Crippen LogP contribution in [-0.2, 0) is 17.9 Å². The summed E-state index contributed by atoms with van der Waals surface area (Å²) in [6.45, 7) is 4.56. The predicted molar refractivity (Wildman–Crippen MR) is 76.4 cm³/mol. The van der Waals surface area contributed by atoms with Crippen LogP contribution in [0.5, 0.6) is 0 Å². The molecule has 1 saturated heterocycles. The van der Waals surface area contributed by atoms with E-state index in [2.05, 4.69) is 25.4 Å². The van der Waals surface area contributed by atoms with Gasteiger partial charge in [0, 0.05) is 43.8 Å². The van der Waals surface area contributed by atoms with E-state index >= 15 is 0 Å². The zero-order chi connectivity index (χ0) is 14.5. The average Bonchev–Trinajstić information content (AvgIpc) is 3.11. The zero-order valence-electron chi connectivity index (χ0n) is 11.6. The van der Waals surface area contributed by atoms with Crippen LogP contribution in [0, 0.1) is 0 Å². The van der Waals surface area contributed by atoms with Crippen molar-refractivity contribution in [2.45, 2.75) is 19.5 Å². The first-order valence-corrected chi connectivity index (χ1v) is 7.77. The number of aromatic nitrogens is 5. The van der Waals surface area contributed by atoms with Gasteiger partial charge in [-0.25, -0.2) is 4.68 Å². The first-order chi connectivity index (χ1) is 10.3. The lowest BCUT2D eigenvalue weighted by atomic mass is 10.3. The molecule has 1 aliphatic heterocycles. The van der Waals surface area contributed by atoms with Crippen LogP contribution in [0.2, 0.25) is 0 Å². The molecule has 2 aromatic rings. The normalized spacial score (nSPS) is 16.9. The molecule has 0 atom stereocenters. The second-order valence-corrected chi connectivity index (χ2v) is 5.96. The third kappa shape index (κ3) is 3.82. The average molecular weight is 307 g/mol. The van der Waals surface area contributed by atoms with E-state index in [9.17, 15) is 4.79 Å². The number of rotatable bonds is 4. The summed E-state index contributed by atoms with van der Waals surface area (Å²) in [7, 11) is 0. The van der Waals surface area contributed by atoms with Gasteiger partial charge in [0.2, 0.25) is 5.91 Å². The van der Waals surface area contributed by atoms with E-state index in [1.165, 1.54) is 15.9 Å². The number of carbonyl (C=O) groups is 1. The number of thiazole rings is 1. The monoisotopic (exact) mass is 307 g/mol. The summed E-state index contributed by atoms with van der Waals surface area (Å²) in [5.41, 5.74) is 1.86. The van der Waals surface area contributed by atoms with E-state index in [0.717, 1.165) is 39.1 Å². The van der Waals surface area contributed by atoms with Crippen molar-refractivity contribution in [3.8, 4) is 0 Å². The Kier molecular flexibility index (Phi) is 4.51. The molecule has 1 aliphatic rings. The summed E-state index contributed by atoms with van der Waals surface area (Å²) in [4.78, 5) is 21.9. The molecule has 0 unspecified atom stereocenters. The van der Waals surface area contributed by atoms with Crippen LogP contribution in [0.25, 0.3) is 0 Å². The van der Waals surface area contributed by atoms with Crippen molar-refractivity contribution in [3.05, 3.63) is 22.9 Å². The largest absolute Gasteiger partial charge is 0.340 e. The van der Waals surface area contributed by atoms with E-state index in [1.807, 2.05) is 16.6 Å². The van der Waals surface area contributed by atoms with Crippen LogP contribution >= 0.6 is 11.3 Å². The maximum atomic E-state index is 12.2. The molecule has 3 heterocycles. The lowest BCUT2D eigenvalue weighted by Crippen LogP contribution is -2.37. The molecule has 2 aromatic heterocycles. The van der Waals surface area contributed by atoms with Crippen molar-refractivity contribution in [2.75, 3.05) is 26.2 Å². The topological polar surface area (TPSA) is 80.0 Å². The van der Waals surface area contributed by atoms with Crippen molar-refractivity contribution in [1.29, 1.82) is 0 Å². The highest BCUT2D eigenvalue weighted by Crippen LogP contribution is 2.12. The Hall–Kier alpha value is -1.87. The van der Waals surface area contributed by atoms with Gasteiger partial charge in [0.25, 0.3) is 0 Å². The Morgan fingerprint density at radius 3 is 3.00 bits per heavy atom. The van der Waals surface area contributed by atoms with Crippen molar-refractivity contribution in [2.24, 2.45) is 0 Å². The molecule has 0 bridgehead atoms. The lowest BCUT2D eigenvalue weighted by Gasteiger charge is -2.21. The molecule has 1 fully saturated rings. The molecule has 8 nitrogen and oxygen atoms in total. The van der Waals surface area contributed by atoms with Crippen molar-refractivity contribution in [3.63, 3.8) is 0 Å². The van der Waals surface area contributed by atoms with Crippen LogP contribution in [-0.4, -0.2) is 67.1 Å². The summed E-state index contributed by atoms with van der Waals surface area (Å²) in [5.74, 6) is 0.0712. The Balaban J connectivity index is 1.51. The van der Waals surface area contributed by atoms with Crippen molar-refractivity contribution < 1.29 is 4.79 Å². The standard InChI is InChI=1S/C12H17N7OS/c20-12(8-19-9-14-15-16-19)18-3-1-2-17(4-5-18)7-11-6-13-10-21-11/h6,9-10H,1-5,7-8H2. The van der Waals surface area contributed by atoms with Gasteiger partial charge >= 0.3 is 0 Å². The quantitative estimate of drug-likeness (QED) is 0.782. The fourth-order valence-electron chi connectivity index (χ4n) is 2.41. The molecule has 0 N–H and O–H groups in total. The summed E-state index contributed by atoms with van der Waals surface area (Å²) in [6, 6.07) is 0. The fraction of sp³-hybridized carbons (Fsp3) is 0.583. The maximum absolute atomic E-state index is 12.2. The summed E-state index contributed by atoms with van der Waals surface area (Å²) >= 11 is 1.67. The lowest BCUT2D eigenvalue weighted by molar-refractivity contribution is -0.131. The van der Waals surface area contributed by atoms with E-state index in [1.54, 1.807) is 11.3 Å². The van der Waals surface area contributed by atoms with Gasteiger partial charge < -0.3 is 4.90 Å². The zero-order valence-corrected chi connectivity index (χ0v) is 12.4. The van der Waals surface area contributed by atoms with Gasteiger partial charge in [0.05, 0.1) is 5.51 Å². The van der Waals surface area contributed by atoms with Crippen LogP contribution in [0.1, 0.15) is 11.3 Å². The number of tetrazole rings is 1. The summed E-state index contributed by atoms with van der Waals surface area (Å²) in [6.07, 6.45) is 4.36. The van der Waals surface area contributed by atoms with E-state index in [4.69, 9.17) is 0 Å². The molecule has 112 valence electrons. The van der Waals surface area contributed by atoms with Crippen LogP contribution < -0.4 is 0 Å². The van der Waals surface area contributed by atoms with Gasteiger partial charge in [-0.2, -0.15) is 0 Å². The number of carbonyl (C=O) groups excluding carboxylic acids is 1. The first kappa shape index (κ1) is 14.1. The molecule has 3 rings (SSSR count). The molecular formula is C12H17N7OS. The molecule has 0 spiro atoms. The molecule has 21 heavy (non-hydrogen) atoms. The molecule has 0 radical (unpaired) electrons.